The highest BCUT2D eigenvalue weighted by atomic mass is 32.2. The first-order chi connectivity index (χ1) is 19.3. The van der Waals surface area contributed by atoms with Gasteiger partial charge in [-0.15, -0.1) is 0 Å². The third-order valence-electron chi connectivity index (χ3n) is 7.99. The van der Waals surface area contributed by atoms with Crippen molar-refractivity contribution in [3.8, 4) is 5.75 Å². The molecule has 0 bridgehead atoms. The topological polar surface area (TPSA) is 119 Å². The highest BCUT2D eigenvalue weighted by Gasteiger charge is 2.45. The van der Waals surface area contributed by atoms with Crippen LogP contribution in [0.15, 0.2) is 18.2 Å². The minimum absolute atomic E-state index is 0.00655. The third kappa shape index (κ3) is 7.22. The van der Waals surface area contributed by atoms with Crippen LogP contribution < -0.4 is 15.4 Å². The number of halogens is 3. The summed E-state index contributed by atoms with van der Waals surface area (Å²) in [6.07, 6.45) is 1.71. The largest absolute Gasteiger partial charge is 0.494 e. The predicted molar refractivity (Wildman–Crippen MR) is 144 cm³/mol. The molecule has 1 fully saturated rings. The summed E-state index contributed by atoms with van der Waals surface area (Å²) in [5, 5.41) is 10.7. The molecule has 2 aliphatic carbocycles. The number of aromatic nitrogens is 2. The van der Waals surface area contributed by atoms with Crippen molar-refractivity contribution >= 4 is 21.7 Å². The van der Waals surface area contributed by atoms with Gasteiger partial charge in [-0.1, -0.05) is 18.9 Å². The minimum Gasteiger partial charge on any atom is -0.494 e. The van der Waals surface area contributed by atoms with E-state index in [9.17, 15) is 31.2 Å². The summed E-state index contributed by atoms with van der Waals surface area (Å²) in [7, 11) is -3.50. The van der Waals surface area contributed by atoms with Crippen molar-refractivity contribution in [3.05, 3.63) is 46.3 Å². The zero-order valence-corrected chi connectivity index (χ0v) is 23.8. The summed E-state index contributed by atoms with van der Waals surface area (Å²) in [6.45, 7) is 0.555. The maximum Gasteiger partial charge on any atom is 0.389 e. The van der Waals surface area contributed by atoms with Gasteiger partial charge in [0.2, 0.25) is 5.91 Å². The Hall–Kier alpha value is -3.09. The van der Waals surface area contributed by atoms with Gasteiger partial charge in [0.15, 0.2) is 9.84 Å². The van der Waals surface area contributed by atoms with Crippen LogP contribution >= 0.6 is 0 Å². The standard InChI is InChI=1S/C28H35F3N4O5S/c1-41(38,39)17-24(36)32-16-23-25-22(34-35(23)12-9-18-5-6-18)15-27(33-26(25)37)10-2-4-19-14-20(7-8-21(19)27)40-13-3-11-28(29,30)31/h7-8,14,18H,2-6,9-13,15-17H2,1H3,(H,32,36)(H,33,37)/t27-/m0/s1. The maximum atomic E-state index is 13.7. The first kappa shape index (κ1) is 29.4. The van der Waals surface area contributed by atoms with Gasteiger partial charge in [0.25, 0.3) is 5.91 Å². The Balaban J connectivity index is 1.37. The lowest BCUT2D eigenvalue weighted by Crippen LogP contribution is -2.53. The fourth-order valence-electron chi connectivity index (χ4n) is 5.92. The second-order valence-corrected chi connectivity index (χ2v) is 13.7. The molecule has 2 amide bonds. The van der Waals surface area contributed by atoms with Gasteiger partial charge in [-0.2, -0.15) is 18.3 Å². The van der Waals surface area contributed by atoms with Gasteiger partial charge in [0.05, 0.1) is 35.6 Å². The van der Waals surface area contributed by atoms with E-state index >= 15 is 0 Å². The molecule has 5 rings (SSSR count). The van der Waals surface area contributed by atoms with Gasteiger partial charge in [0, 0.05) is 25.6 Å². The van der Waals surface area contributed by atoms with Gasteiger partial charge in [-0.05, 0) is 61.3 Å². The highest BCUT2D eigenvalue weighted by Crippen LogP contribution is 2.42. The number of hydrogen-bond acceptors (Lipinski definition) is 6. The SMILES string of the molecule is CS(=O)(=O)CC(=O)NCc1c2c(nn1CCC1CC1)C[C@]1(CCCc3cc(OCCCC(F)(F)F)ccc31)NC2=O. The number of hydrogen-bond donors (Lipinski definition) is 2. The van der Waals surface area contributed by atoms with Crippen LogP contribution in [-0.4, -0.2) is 54.8 Å². The van der Waals surface area contributed by atoms with Gasteiger partial charge < -0.3 is 15.4 Å². The molecule has 0 radical (unpaired) electrons. The van der Waals surface area contributed by atoms with Crippen molar-refractivity contribution in [1.29, 1.82) is 0 Å². The van der Waals surface area contributed by atoms with E-state index in [1.807, 2.05) is 12.1 Å². The molecule has 1 aromatic heterocycles. The molecule has 13 heteroatoms. The molecular formula is C28H35F3N4O5S. The van der Waals surface area contributed by atoms with Crippen LogP contribution in [0.25, 0.3) is 0 Å². The van der Waals surface area contributed by atoms with Crippen molar-refractivity contribution in [1.82, 2.24) is 20.4 Å². The number of carbonyl (C=O) groups excluding carboxylic acids is 2. The fraction of sp³-hybridized carbons (Fsp3) is 0.607. The van der Waals surface area contributed by atoms with E-state index in [4.69, 9.17) is 9.84 Å². The van der Waals surface area contributed by atoms with Crippen molar-refractivity contribution in [2.75, 3.05) is 18.6 Å². The lowest BCUT2D eigenvalue weighted by molar-refractivity contribution is -0.136. The van der Waals surface area contributed by atoms with E-state index in [1.165, 1.54) is 0 Å². The molecule has 41 heavy (non-hydrogen) atoms. The lowest BCUT2D eigenvalue weighted by atomic mass is 9.71. The number of carbonyl (C=O) groups is 2. The van der Waals surface area contributed by atoms with E-state index in [0.717, 1.165) is 49.5 Å². The van der Waals surface area contributed by atoms with E-state index in [1.54, 1.807) is 10.7 Å². The normalized spacial score (nSPS) is 20.3. The number of amides is 2. The van der Waals surface area contributed by atoms with E-state index in [-0.39, 0.29) is 25.5 Å². The summed E-state index contributed by atoms with van der Waals surface area (Å²) < 4.78 is 67.8. The van der Waals surface area contributed by atoms with Gasteiger partial charge in [-0.25, -0.2) is 8.42 Å². The van der Waals surface area contributed by atoms with Crippen LogP contribution in [0.4, 0.5) is 13.2 Å². The van der Waals surface area contributed by atoms with Crippen molar-refractivity contribution in [2.24, 2.45) is 5.92 Å². The van der Waals surface area contributed by atoms with Crippen LogP contribution in [0.2, 0.25) is 0 Å². The Bertz CT molecular complexity index is 1430. The molecule has 1 saturated carbocycles. The number of benzene rings is 1. The number of ether oxygens (including phenoxy) is 1. The van der Waals surface area contributed by atoms with Crippen molar-refractivity contribution in [3.63, 3.8) is 0 Å². The first-order valence-electron chi connectivity index (χ1n) is 14.0. The molecule has 3 aliphatic rings. The summed E-state index contributed by atoms with van der Waals surface area (Å²) >= 11 is 0. The van der Waals surface area contributed by atoms with E-state index < -0.39 is 39.6 Å². The fourth-order valence-corrected chi connectivity index (χ4v) is 6.50. The summed E-state index contributed by atoms with van der Waals surface area (Å²) in [6, 6.07) is 5.47. The Kier molecular flexibility index (Phi) is 8.10. The van der Waals surface area contributed by atoms with Crippen LogP contribution in [0.5, 0.6) is 5.75 Å². The number of aryl methyl sites for hydroxylation is 2. The van der Waals surface area contributed by atoms with Gasteiger partial charge >= 0.3 is 6.18 Å². The highest BCUT2D eigenvalue weighted by molar-refractivity contribution is 7.91. The molecule has 224 valence electrons. The second kappa shape index (κ2) is 11.3. The van der Waals surface area contributed by atoms with Crippen LogP contribution in [0.1, 0.15) is 77.8 Å². The predicted octanol–water partition coefficient (Wildman–Crippen LogP) is 3.58. The summed E-state index contributed by atoms with van der Waals surface area (Å²) in [4.78, 5) is 25.9. The number of nitrogens with zero attached hydrogens (tertiary/aromatic N) is 2. The van der Waals surface area contributed by atoms with E-state index in [2.05, 4.69) is 10.6 Å². The van der Waals surface area contributed by atoms with Crippen molar-refractivity contribution < 1.29 is 35.9 Å². The summed E-state index contributed by atoms with van der Waals surface area (Å²) in [5.41, 5.74) is 2.86. The number of nitrogens with one attached hydrogen (secondary N) is 2. The monoisotopic (exact) mass is 596 g/mol. The molecule has 1 aliphatic heterocycles. The molecular weight excluding hydrogens is 561 g/mol. The minimum atomic E-state index is -4.21. The molecule has 9 nitrogen and oxygen atoms in total. The first-order valence-corrected chi connectivity index (χ1v) is 16.1. The average Bonchev–Trinajstić information content (AvgIpc) is 3.63. The zero-order chi connectivity index (χ0) is 29.4. The average molecular weight is 597 g/mol. The maximum absolute atomic E-state index is 13.7. The zero-order valence-electron chi connectivity index (χ0n) is 23.0. The quantitative estimate of drug-likeness (QED) is 0.383. The second-order valence-electron chi connectivity index (χ2n) is 11.5. The Labute approximate surface area is 237 Å². The Morgan fingerprint density at radius 3 is 2.78 bits per heavy atom. The van der Waals surface area contributed by atoms with E-state index in [0.29, 0.717) is 48.0 Å². The third-order valence-corrected chi connectivity index (χ3v) is 8.77. The Morgan fingerprint density at radius 2 is 2.07 bits per heavy atom. The van der Waals surface area contributed by atoms with Gasteiger partial charge in [0.1, 0.15) is 11.5 Å². The molecule has 0 unspecified atom stereocenters. The molecule has 2 aromatic rings. The molecule has 2 heterocycles. The molecule has 0 saturated heterocycles. The smallest absolute Gasteiger partial charge is 0.389 e. The number of alkyl halides is 3. The molecule has 1 spiro atoms. The number of fused-ring (bicyclic) bond motifs is 3. The lowest BCUT2D eigenvalue weighted by Gasteiger charge is -2.42. The van der Waals surface area contributed by atoms with Crippen LogP contribution in [0.3, 0.4) is 0 Å². The van der Waals surface area contributed by atoms with Crippen molar-refractivity contribution in [2.45, 2.75) is 82.6 Å². The molecule has 2 N–H and O–H groups in total. The van der Waals surface area contributed by atoms with Crippen LogP contribution in [-0.2, 0) is 46.1 Å². The van der Waals surface area contributed by atoms with Crippen LogP contribution in [0, 0.1) is 5.92 Å². The van der Waals surface area contributed by atoms with Gasteiger partial charge in [-0.3, -0.25) is 14.3 Å². The number of sulfone groups is 1. The molecule has 1 atom stereocenters. The summed E-state index contributed by atoms with van der Waals surface area (Å²) in [5.74, 6) is -0.439. The molecule has 1 aromatic carbocycles. The number of rotatable bonds is 11. The Morgan fingerprint density at radius 1 is 1.29 bits per heavy atom.